The Balaban J connectivity index is 1.44. The molecule has 1 aliphatic carbocycles. The molecule has 0 atom stereocenters. The first-order valence-corrected chi connectivity index (χ1v) is 12.0. The van der Waals surface area contributed by atoms with Gasteiger partial charge in [0.15, 0.2) is 5.82 Å². The van der Waals surface area contributed by atoms with Crippen molar-refractivity contribution in [2.24, 2.45) is 0 Å². The zero-order valence-electron chi connectivity index (χ0n) is 19.4. The first-order chi connectivity index (χ1) is 16.7. The second kappa shape index (κ2) is 9.99. The molecule has 8 heteroatoms. The molecule has 0 radical (unpaired) electrons. The molecule has 0 spiro atoms. The smallest absolute Gasteiger partial charge is 0.254 e. The summed E-state index contributed by atoms with van der Waals surface area (Å²) in [6.07, 6.45) is 11.0. The number of hydrogen-bond donors (Lipinski definition) is 2. The van der Waals surface area contributed by atoms with Crippen LogP contribution >= 0.6 is 0 Å². The van der Waals surface area contributed by atoms with Crippen molar-refractivity contribution in [1.29, 1.82) is 0 Å². The Bertz CT molecular complexity index is 1280. The molecule has 4 aromatic rings. The van der Waals surface area contributed by atoms with Crippen LogP contribution in [0.4, 0.5) is 11.5 Å². The topological polar surface area (TPSA) is 97.1 Å². The van der Waals surface area contributed by atoms with Gasteiger partial charge in [0.05, 0.1) is 0 Å². The molecular formula is C26H29N7O. The number of anilines is 2. The normalized spacial score (nSPS) is 14.3. The molecule has 3 heterocycles. The number of nitrogens with one attached hydrogen (secondary N) is 2. The summed E-state index contributed by atoms with van der Waals surface area (Å²) in [7, 11) is 0. The van der Waals surface area contributed by atoms with E-state index in [1.165, 1.54) is 19.3 Å². The Kier molecular flexibility index (Phi) is 6.46. The van der Waals surface area contributed by atoms with Crippen molar-refractivity contribution in [2.45, 2.75) is 57.9 Å². The number of carbonyl (C=O) groups is 1. The van der Waals surface area contributed by atoms with Gasteiger partial charge in [-0.2, -0.15) is 9.50 Å². The molecule has 0 saturated heterocycles. The van der Waals surface area contributed by atoms with Gasteiger partial charge >= 0.3 is 0 Å². The average Bonchev–Trinajstić information content (AvgIpc) is 3.30. The van der Waals surface area contributed by atoms with Crippen LogP contribution in [0, 0.1) is 0 Å². The van der Waals surface area contributed by atoms with Gasteiger partial charge in [-0.1, -0.05) is 38.7 Å². The third kappa shape index (κ3) is 4.90. The van der Waals surface area contributed by atoms with E-state index in [9.17, 15) is 4.79 Å². The zero-order chi connectivity index (χ0) is 23.3. The number of aromatic nitrogens is 5. The van der Waals surface area contributed by atoms with Crippen molar-refractivity contribution in [3.05, 3.63) is 66.1 Å². The minimum Gasteiger partial charge on any atom is -0.349 e. The maximum atomic E-state index is 12.8. The summed E-state index contributed by atoms with van der Waals surface area (Å²) in [5, 5.41) is 11.3. The van der Waals surface area contributed by atoms with E-state index in [1.807, 2.05) is 42.5 Å². The third-order valence-corrected chi connectivity index (χ3v) is 6.13. The molecule has 0 bridgehead atoms. The molecule has 1 aliphatic rings. The van der Waals surface area contributed by atoms with Crippen molar-refractivity contribution in [2.75, 3.05) is 5.32 Å². The molecule has 0 aliphatic heterocycles. The van der Waals surface area contributed by atoms with E-state index < -0.39 is 0 Å². The zero-order valence-corrected chi connectivity index (χ0v) is 19.4. The average molecular weight is 456 g/mol. The maximum absolute atomic E-state index is 12.8. The number of carbonyl (C=O) groups excluding carboxylic acids is 1. The number of hydrogen-bond acceptors (Lipinski definition) is 6. The lowest BCUT2D eigenvalue weighted by atomic mass is 9.95. The van der Waals surface area contributed by atoms with E-state index in [2.05, 4.69) is 37.6 Å². The number of aryl methyl sites for hydroxylation is 1. The van der Waals surface area contributed by atoms with Gasteiger partial charge in [0.1, 0.15) is 5.82 Å². The summed E-state index contributed by atoms with van der Waals surface area (Å²) in [6, 6.07) is 13.6. The van der Waals surface area contributed by atoms with Crippen LogP contribution in [0.3, 0.4) is 0 Å². The maximum Gasteiger partial charge on any atom is 0.254 e. The second-order valence-corrected chi connectivity index (χ2v) is 8.79. The van der Waals surface area contributed by atoms with Crippen LogP contribution in [-0.2, 0) is 6.42 Å². The van der Waals surface area contributed by atoms with Crippen LogP contribution < -0.4 is 10.6 Å². The van der Waals surface area contributed by atoms with Crippen molar-refractivity contribution < 1.29 is 4.79 Å². The quantitative estimate of drug-likeness (QED) is 0.409. The largest absolute Gasteiger partial charge is 0.349 e. The monoisotopic (exact) mass is 455 g/mol. The van der Waals surface area contributed by atoms with Gasteiger partial charge in [0.2, 0.25) is 0 Å². The Morgan fingerprint density at radius 1 is 1.09 bits per heavy atom. The fourth-order valence-corrected chi connectivity index (χ4v) is 4.41. The summed E-state index contributed by atoms with van der Waals surface area (Å²) in [5.74, 6) is 1.82. The van der Waals surface area contributed by atoms with E-state index in [-0.39, 0.29) is 11.9 Å². The van der Waals surface area contributed by atoms with Crippen molar-refractivity contribution in [3.63, 3.8) is 0 Å². The van der Waals surface area contributed by atoms with Crippen LogP contribution in [0.1, 0.15) is 61.5 Å². The summed E-state index contributed by atoms with van der Waals surface area (Å²) in [5.41, 5.74) is 3.22. The van der Waals surface area contributed by atoms with Gasteiger partial charge < -0.3 is 10.6 Å². The van der Waals surface area contributed by atoms with Gasteiger partial charge in [-0.05, 0) is 49.6 Å². The Morgan fingerprint density at radius 3 is 2.76 bits per heavy atom. The standard InChI is InChI=1S/C26H29N7O/c1-2-8-21-16-23(33-26(30-21)31-24(32-33)19-10-7-14-27-17-19)28-22-13-6-9-18(15-22)25(34)29-20-11-4-3-5-12-20/h6-7,9-10,13-17,20,28H,2-5,8,11-12H2,1H3,(H,29,34). The SMILES string of the molecule is CCCc1cc(Nc2cccc(C(=O)NC3CCCCC3)c2)n2nc(-c3cccnc3)nc2n1. The highest BCUT2D eigenvalue weighted by Gasteiger charge is 2.17. The Labute approximate surface area is 198 Å². The van der Waals surface area contributed by atoms with E-state index >= 15 is 0 Å². The van der Waals surface area contributed by atoms with Crippen molar-refractivity contribution in [1.82, 2.24) is 29.9 Å². The van der Waals surface area contributed by atoms with E-state index in [1.54, 1.807) is 16.9 Å². The van der Waals surface area contributed by atoms with Gasteiger partial charge in [-0.3, -0.25) is 9.78 Å². The lowest BCUT2D eigenvalue weighted by Gasteiger charge is -2.22. The number of amides is 1. The summed E-state index contributed by atoms with van der Waals surface area (Å²) < 4.78 is 1.70. The number of fused-ring (bicyclic) bond motifs is 1. The predicted molar refractivity (Wildman–Crippen MR) is 132 cm³/mol. The number of rotatable bonds is 7. The predicted octanol–water partition coefficient (Wildman–Crippen LogP) is 4.94. The summed E-state index contributed by atoms with van der Waals surface area (Å²) >= 11 is 0. The highest BCUT2D eigenvalue weighted by atomic mass is 16.1. The van der Waals surface area contributed by atoms with E-state index in [4.69, 9.17) is 0 Å². The van der Waals surface area contributed by atoms with Crippen molar-refractivity contribution >= 4 is 23.2 Å². The Hall–Kier alpha value is -3.81. The molecule has 1 amide bonds. The van der Waals surface area contributed by atoms with Crippen LogP contribution in [0.5, 0.6) is 0 Å². The molecule has 0 unspecified atom stereocenters. The lowest BCUT2D eigenvalue weighted by Crippen LogP contribution is -2.36. The summed E-state index contributed by atoms with van der Waals surface area (Å²) in [6.45, 7) is 2.12. The van der Waals surface area contributed by atoms with Gasteiger partial charge in [-0.25, -0.2) is 4.98 Å². The first kappa shape index (κ1) is 22.0. The number of nitrogens with zero attached hydrogens (tertiary/aromatic N) is 5. The molecule has 2 N–H and O–H groups in total. The molecule has 5 rings (SSSR count). The van der Waals surface area contributed by atoms with Gasteiger partial charge in [0.25, 0.3) is 11.7 Å². The minimum absolute atomic E-state index is 0.0262. The highest BCUT2D eigenvalue weighted by Crippen LogP contribution is 2.23. The van der Waals surface area contributed by atoms with Gasteiger partial charge in [-0.15, -0.1) is 5.10 Å². The number of benzene rings is 1. The van der Waals surface area contributed by atoms with E-state index in [0.29, 0.717) is 17.2 Å². The number of pyridine rings is 1. The molecule has 1 aromatic carbocycles. The fraction of sp³-hybridized carbons (Fsp3) is 0.346. The first-order valence-electron chi connectivity index (χ1n) is 12.0. The molecule has 1 saturated carbocycles. The van der Waals surface area contributed by atoms with Crippen LogP contribution in [-0.4, -0.2) is 36.5 Å². The molecule has 34 heavy (non-hydrogen) atoms. The van der Waals surface area contributed by atoms with Crippen molar-refractivity contribution in [3.8, 4) is 11.4 Å². The lowest BCUT2D eigenvalue weighted by molar-refractivity contribution is 0.0927. The third-order valence-electron chi connectivity index (χ3n) is 6.13. The minimum atomic E-state index is -0.0262. The molecule has 8 nitrogen and oxygen atoms in total. The fourth-order valence-electron chi connectivity index (χ4n) is 4.41. The molecule has 174 valence electrons. The molecule has 1 fully saturated rings. The highest BCUT2D eigenvalue weighted by molar-refractivity contribution is 5.95. The van der Waals surface area contributed by atoms with Gasteiger partial charge in [0, 0.05) is 47.0 Å². The van der Waals surface area contributed by atoms with Crippen LogP contribution in [0.15, 0.2) is 54.9 Å². The Morgan fingerprint density at radius 2 is 1.97 bits per heavy atom. The van der Waals surface area contributed by atoms with Crippen LogP contribution in [0.25, 0.3) is 17.2 Å². The second-order valence-electron chi connectivity index (χ2n) is 8.79. The summed E-state index contributed by atoms with van der Waals surface area (Å²) in [4.78, 5) is 26.3. The molecular weight excluding hydrogens is 426 g/mol. The molecule has 3 aromatic heterocycles. The van der Waals surface area contributed by atoms with Crippen LogP contribution in [0.2, 0.25) is 0 Å². The van der Waals surface area contributed by atoms with E-state index in [0.717, 1.165) is 48.4 Å².